The van der Waals surface area contributed by atoms with Crippen molar-refractivity contribution in [2.45, 2.75) is 18.9 Å². The molecular weight excluding hydrogens is 479 g/mol. The number of Topliss-reactive ketones (excluding diaryl/α,β-unsaturated/α-hetero) is 1. The van der Waals surface area contributed by atoms with Crippen LogP contribution < -0.4 is 15.8 Å². The topological polar surface area (TPSA) is 116 Å². The van der Waals surface area contributed by atoms with Crippen LogP contribution in [0.5, 0.6) is 5.75 Å². The molecule has 3 aromatic rings. The molecule has 2 amide bonds. The molecule has 0 fully saturated rings. The van der Waals surface area contributed by atoms with Gasteiger partial charge in [0.25, 0.3) is 5.91 Å². The summed E-state index contributed by atoms with van der Waals surface area (Å²) in [5, 5.41) is 3.12. The minimum atomic E-state index is -0.946. The summed E-state index contributed by atoms with van der Waals surface area (Å²) in [6, 6.07) is 17.8. The molecule has 0 radical (unpaired) electrons. The van der Waals surface area contributed by atoms with E-state index in [-0.39, 0.29) is 12.0 Å². The van der Waals surface area contributed by atoms with Crippen molar-refractivity contribution >= 4 is 46.8 Å². The van der Waals surface area contributed by atoms with Crippen molar-refractivity contribution in [3.63, 3.8) is 0 Å². The Morgan fingerprint density at radius 1 is 0.794 bits per heavy atom. The van der Waals surface area contributed by atoms with Crippen molar-refractivity contribution in [2.24, 2.45) is 5.73 Å². The maximum atomic E-state index is 12.3. The summed E-state index contributed by atoms with van der Waals surface area (Å²) in [7, 11) is 0. The molecule has 9 heteroatoms. The van der Waals surface area contributed by atoms with Gasteiger partial charge in [0.05, 0.1) is 18.0 Å². The van der Waals surface area contributed by atoms with Gasteiger partial charge in [-0.15, -0.1) is 0 Å². The highest BCUT2D eigenvalue weighted by atomic mass is 35.5. The number of benzene rings is 3. The molecule has 0 spiro atoms. The summed E-state index contributed by atoms with van der Waals surface area (Å²) in [5.41, 5.74) is 7.25. The van der Waals surface area contributed by atoms with Crippen LogP contribution in [0.3, 0.4) is 0 Å². The van der Waals surface area contributed by atoms with E-state index in [4.69, 9.17) is 33.7 Å². The normalized spacial score (nSPS) is 11.4. The fourth-order valence-corrected chi connectivity index (χ4v) is 3.20. The molecule has 0 aliphatic carbocycles. The van der Waals surface area contributed by atoms with Gasteiger partial charge in [-0.2, -0.15) is 0 Å². The van der Waals surface area contributed by atoms with Crippen LogP contribution in [0, 0.1) is 0 Å². The number of hydrogen-bond acceptors (Lipinski definition) is 6. The first-order valence-electron chi connectivity index (χ1n) is 10.2. The zero-order chi connectivity index (χ0) is 24.7. The number of nitrogens with two attached hydrogens (primary N) is 1. The minimum absolute atomic E-state index is 0.169. The van der Waals surface area contributed by atoms with Crippen molar-refractivity contribution < 1.29 is 23.9 Å². The quantitative estimate of drug-likeness (QED) is 0.275. The molecule has 7 nitrogen and oxygen atoms in total. The number of amides is 2. The fraction of sp³-hybridized carbons (Fsp3) is 0.120. The molecule has 0 aliphatic heterocycles. The van der Waals surface area contributed by atoms with E-state index in [0.29, 0.717) is 26.9 Å². The first-order chi connectivity index (χ1) is 16.2. The summed E-state index contributed by atoms with van der Waals surface area (Å²) in [6.45, 7) is 0. The van der Waals surface area contributed by atoms with E-state index in [1.807, 2.05) is 0 Å². The number of halogens is 2. The van der Waals surface area contributed by atoms with E-state index in [1.54, 1.807) is 48.5 Å². The van der Waals surface area contributed by atoms with Crippen molar-refractivity contribution in [1.82, 2.24) is 5.32 Å². The first-order valence-corrected chi connectivity index (χ1v) is 10.9. The van der Waals surface area contributed by atoms with Gasteiger partial charge in [0, 0.05) is 15.6 Å². The lowest BCUT2D eigenvalue weighted by molar-refractivity contribution is -0.128. The van der Waals surface area contributed by atoms with Crippen LogP contribution in [0.1, 0.15) is 32.7 Å². The van der Waals surface area contributed by atoms with Gasteiger partial charge >= 0.3 is 5.97 Å². The molecule has 0 saturated heterocycles. The molecular formula is C25H20Cl2N2O5. The lowest BCUT2D eigenvalue weighted by atomic mass is 10.0. The Labute approximate surface area is 205 Å². The Morgan fingerprint density at radius 3 is 1.88 bits per heavy atom. The van der Waals surface area contributed by atoms with E-state index in [1.165, 1.54) is 24.3 Å². The number of hydrogen-bond donors (Lipinski definition) is 2. The number of nitrogens with one attached hydrogen (secondary N) is 1. The van der Waals surface area contributed by atoms with Crippen LogP contribution in [0.4, 0.5) is 0 Å². The largest absolute Gasteiger partial charge is 0.423 e. The van der Waals surface area contributed by atoms with Crippen LogP contribution in [0.25, 0.3) is 0 Å². The van der Waals surface area contributed by atoms with Gasteiger partial charge in [-0.05, 0) is 72.6 Å². The summed E-state index contributed by atoms with van der Waals surface area (Å²) in [5.74, 6) is -2.10. The van der Waals surface area contributed by atoms with Gasteiger partial charge in [0.2, 0.25) is 5.91 Å². The first kappa shape index (κ1) is 25.1. The highest BCUT2D eigenvalue weighted by molar-refractivity contribution is 6.31. The second-order valence-corrected chi connectivity index (χ2v) is 8.25. The summed E-state index contributed by atoms with van der Waals surface area (Å²) >= 11 is 11.6. The second kappa shape index (κ2) is 11.6. The monoisotopic (exact) mass is 498 g/mol. The van der Waals surface area contributed by atoms with E-state index in [0.717, 1.165) is 0 Å². The minimum Gasteiger partial charge on any atom is -0.423 e. The number of carbonyl (C=O) groups is 4. The predicted molar refractivity (Wildman–Crippen MR) is 128 cm³/mol. The van der Waals surface area contributed by atoms with E-state index >= 15 is 0 Å². The Hall–Kier alpha value is -3.52. The van der Waals surface area contributed by atoms with E-state index in [9.17, 15) is 19.2 Å². The third-order valence-corrected chi connectivity index (χ3v) is 5.28. The van der Waals surface area contributed by atoms with Crippen molar-refractivity contribution in [3.8, 4) is 5.75 Å². The molecule has 1 unspecified atom stereocenters. The number of rotatable bonds is 8. The maximum absolute atomic E-state index is 12.3. The van der Waals surface area contributed by atoms with Crippen molar-refractivity contribution in [1.29, 1.82) is 0 Å². The summed E-state index contributed by atoms with van der Waals surface area (Å²) < 4.78 is 5.31. The Bertz CT molecular complexity index is 1190. The van der Waals surface area contributed by atoms with Gasteiger partial charge in [-0.3, -0.25) is 19.7 Å². The van der Waals surface area contributed by atoms with Gasteiger partial charge in [-0.1, -0.05) is 35.3 Å². The standard InChI is InChI=1S/C25H20Cl2N2O5/c26-18-7-3-16(4-8-18)24(32)29-23(31)14-22(30)21(28)13-15-1-11-20(12-2-15)34-25(33)17-5-9-19(27)10-6-17/h1-12,21H,13-14,28H2,(H,29,31,32). The molecule has 0 bridgehead atoms. The smallest absolute Gasteiger partial charge is 0.343 e. The molecule has 3 aromatic carbocycles. The highest BCUT2D eigenvalue weighted by Gasteiger charge is 2.20. The van der Waals surface area contributed by atoms with Gasteiger partial charge in [0.15, 0.2) is 5.78 Å². The molecule has 174 valence electrons. The molecule has 1 atom stereocenters. The fourth-order valence-electron chi connectivity index (χ4n) is 2.95. The Morgan fingerprint density at radius 2 is 1.32 bits per heavy atom. The number of esters is 1. The Kier molecular flexibility index (Phi) is 8.54. The SMILES string of the molecule is NC(Cc1ccc(OC(=O)c2ccc(Cl)cc2)cc1)C(=O)CC(=O)NC(=O)c1ccc(Cl)cc1. The second-order valence-electron chi connectivity index (χ2n) is 7.38. The third kappa shape index (κ3) is 7.25. The van der Waals surface area contributed by atoms with Crippen molar-refractivity contribution in [3.05, 3.63) is 99.5 Å². The lowest BCUT2D eigenvalue weighted by Gasteiger charge is -2.11. The molecule has 0 heterocycles. The van der Waals surface area contributed by atoms with Gasteiger partial charge in [0.1, 0.15) is 5.75 Å². The van der Waals surface area contributed by atoms with Crippen LogP contribution in [-0.4, -0.2) is 29.6 Å². The van der Waals surface area contributed by atoms with Crippen LogP contribution in [0.2, 0.25) is 10.0 Å². The van der Waals surface area contributed by atoms with Gasteiger partial charge in [-0.25, -0.2) is 4.79 Å². The molecule has 0 aromatic heterocycles. The molecule has 0 aliphatic rings. The zero-order valence-corrected chi connectivity index (χ0v) is 19.3. The average molecular weight is 499 g/mol. The number of carbonyl (C=O) groups excluding carboxylic acids is 4. The average Bonchev–Trinajstić information content (AvgIpc) is 2.81. The molecule has 3 N–H and O–H groups in total. The summed E-state index contributed by atoms with van der Waals surface area (Å²) in [4.78, 5) is 48.6. The van der Waals surface area contributed by atoms with Crippen molar-refractivity contribution in [2.75, 3.05) is 0 Å². The number of ketones is 1. The predicted octanol–water partition coefficient (Wildman–Crippen LogP) is 4.00. The third-order valence-electron chi connectivity index (χ3n) is 4.78. The van der Waals surface area contributed by atoms with E-state index < -0.39 is 36.0 Å². The highest BCUT2D eigenvalue weighted by Crippen LogP contribution is 2.17. The maximum Gasteiger partial charge on any atom is 0.343 e. The van der Waals surface area contributed by atoms with Gasteiger partial charge < -0.3 is 10.5 Å². The van der Waals surface area contributed by atoms with E-state index in [2.05, 4.69) is 5.32 Å². The van der Waals surface area contributed by atoms with Crippen LogP contribution in [0.15, 0.2) is 72.8 Å². The number of imide groups is 1. The Balaban J connectivity index is 1.49. The molecule has 0 saturated carbocycles. The molecule has 34 heavy (non-hydrogen) atoms. The zero-order valence-electron chi connectivity index (χ0n) is 17.8. The van der Waals surface area contributed by atoms with Crippen LogP contribution >= 0.6 is 23.2 Å². The number of ether oxygens (including phenoxy) is 1. The lowest BCUT2D eigenvalue weighted by Crippen LogP contribution is -2.38. The molecule has 3 rings (SSSR count). The van der Waals surface area contributed by atoms with Crippen LogP contribution in [-0.2, 0) is 16.0 Å². The summed E-state index contributed by atoms with van der Waals surface area (Å²) in [6.07, 6.45) is -0.361.